The summed E-state index contributed by atoms with van der Waals surface area (Å²) in [5.74, 6) is -0.403. The molecule has 9 heteroatoms. The average Bonchev–Trinajstić information content (AvgIpc) is 3.15. The molecule has 0 unspecified atom stereocenters. The van der Waals surface area contributed by atoms with Crippen molar-refractivity contribution >= 4 is 35.4 Å². The van der Waals surface area contributed by atoms with Crippen molar-refractivity contribution in [3.63, 3.8) is 0 Å². The van der Waals surface area contributed by atoms with Crippen LogP contribution in [0.5, 0.6) is 11.5 Å². The molecule has 3 aromatic carbocycles. The van der Waals surface area contributed by atoms with Gasteiger partial charge in [-0.3, -0.25) is 10.2 Å². The minimum absolute atomic E-state index is 0.0786. The van der Waals surface area contributed by atoms with Crippen molar-refractivity contribution < 1.29 is 24.5 Å². The Morgan fingerprint density at radius 1 is 1.06 bits per heavy atom. The Bertz CT molecular complexity index is 1320. The van der Waals surface area contributed by atoms with Gasteiger partial charge in [-0.1, -0.05) is 30.3 Å². The van der Waals surface area contributed by atoms with E-state index in [9.17, 15) is 14.7 Å². The number of ether oxygens (including phenoxy) is 1. The molecule has 0 atom stereocenters. The van der Waals surface area contributed by atoms with Crippen molar-refractivity contribution in [1.29, 1.82) is 0 Å². The number of carbonyl (C=O) groups is 2. The molecule has 0 aliphatic carbocycles. The maximum Gasteiger partial charge on any atom is 0.511 e. The van der Waals surface area contributed by atoms with Crippen LogP contribution >= 0.6 is 0 Å². The minimum Gasteiger partial charge on any atom is -0.505 e. The normalized spacial score (nSPS) is 14.1. The molecule has 0 bridgehead atoms. The number of benzene rings is 3. The zero-order chi connectivity index (χ0) is 23.5. The topological polar surface area (TPSA) is 124 Å². The largest absolute Gasteiger partial charge is 0.511 e. The molecule has 1 aliphatic heterocycles. The van der Waals surface area contributed by atoms with Crippen LogP contribution < -0.4 is 15.2 Å². The fourth-order valence-corrected chi connectivity index (χ4v) is 3.26. The Labute approximate surface area is 189 Å². The lowest BCUT2D eigenvalue weighted by Crippen LogP contribution is -2.26. The van der Waals surface area contributed by atoms with Crippen molar-refractivity contribution in [3.8, 4) is 22.6 Å². The molecule has 166 valence electrons. The number of amides is 1. The first-order chi connectivity index (χ1) is 15.8. The van der Waals surface area contributed by atoms with Gasteiger partial charge in [0.05, 0.1) is 17.6 Å². The van der Waals surface area contributed by atoms with E-state index in [-0.39, 0.29) is 22.9 Å². The van der Waals surface area contributed by atoms with E-state index in [2.05, 4.69) is 20.4 Å². The second kappa shape index (κ2) is 8.83. The molecule has 1 amide bonds. The Morgan fingerprint density at radius 2 is 1.85 bits per heavy atom. The van der Waals surface area contributed by atoms with Gasteiger partial charge >= 0.3 is 12.1 Å². The Kier molecular flexibility index (Phi) is 5.77. The summed E-state index contributed by atoms with van der Waals surface area (Å²) < 4.78 is 4.67. The number of nitrogens with one attached hydrogen (secondary N) is 1. The Hall–Kier alpha value is -4.66. The molecule has 33 heavy (non-hydrogen) atoms. The van der Waals surface area contributed by atoms with E-state index in [0.29, 0.717) is 16.8 Å². The van der Waals surface area contributed by atoms with Crippen LogP contribution in [0, 0.1) is 13.8 Å². The lowest BCUT2D eigenvalue weighted by atomic mass is 10.0. The first-order valence-electron chi connectivity index (χ1n) is 9.96. The molecule has 0 saturated heterocycles. The maximum absolute atomic E-state index is 12.7. The third-order valence-electron chi connectivity index (χ3n) is 5.13. The summed E-state index contributed by atoms with van der Waals surface area (Å²) in [6.07, 6.45) is -0.0849. The number of carbonyl (C=O) groups excluding carboxylic acids is 1. The molecule has 0 spiro atoms. The van der Waals surface area contributed by atoms with Gasteiger partial charge in [-0.05, 0) is 60.9 Å². The van der Waals surface area contributed by atoms with Crippen LogP contribution in [0.4, 0.5) is 16.2 Å². The Balaban J connectivity index is 1.55. The first-order valence-corrected chi connectivity index (χ1v) is 9.96. The van der Waals surface area contributed by atoms with Crippen LogP contribution in [0.15, 0.2) is 70.9 Å². The number of hydrogen-bond acceptors (Lipinski definition) is 7. The fourth-order valence-electron chi connectivity index (χ4n) is 3.26. The fraction of sp³-hybridized carbons (Fsp3) is 0.0833. The van der Waals surface area contributed by atoms with Crippen LogP contribution in [0.25, 0.3) is 11.1 Å². The van der Waals surface area contributed by atoms with Crippen molar-refractivity contribution in [1.82, 2.24) is 0 Å². The highest BCUT2D eigenvalue weighted by atomic mass is 16.7. The molecule has 3 aromatic rings. The highest BCUT2D eigenvalue weighted by Crippen LogP contribution is 2.36. The molecule has 3 N–H and O–H groups in total. The number of anilines is 2. The van der Waals surface area contributed by atoms with Crippen LogP contribution in [0.1, 0.15) is 11.1 Å². The van der Waals surface area contributed by atoms with Crippen molar-refractivity contribution in [2.75, 3.05) is 10.4 Å². The van der Waals surface area contributed by atoms with Gasteiger partial charge in [0, 0.05) is 5.56 Å². The van der Waals surface area contributed by atoms with Gasteiger partial charge < -0.3 is 14.9 Å². The summed E-state index contributed by atoms with van der Waals surface area (Å²) in [5.41, 5.74) is 6.81. The second-order valence-electron chi connectivity index (χ2n) is 7.34. The van der Waals surface area contributed by atoms with Crippen LogP contribution in [-0.4, -0.2) is 34.2 Å². The van der Waals surface area contributed by atoms with Gasteiger partial charge in [0.15, 0.2) is 5.71 Å². The monoisotopic (exact) mass is 444 g/mol. The van der Waals surface area contributed by atoms with E-state index in [0.717, 1.165) is 11.1 Å². The number of para-hydroxylation sites is 1. The summed E-state index contributed by atoms with van der Waals surface area (Å²) in [7, 11) is 0. The number of phenolic OH excluding ortho intramolecular Hbond substituents is 1. The minimum atomic E-state index is -1.43. The number of carboxylic acid groups (broad SMARTS) is 1. The molecule has 1 aliphatic rings. The summed E-state index contributed by atoms with van der Waals surface area (Å²) in [6, 6.07) is 16.9. The van der Waals surface area contributed by atoms with Gasteiger partial charge in [0.25, 0.3) is 0 Å². The molecule has 4 rings (SSSR count). The molecule has 0 aromatic heterocycles. The standard InChI is InChI=1S/C24H20N4O5/c1-14-9-10-17(11-15(14)2)28-23(30)21(13-25-28)27-26-20-8-4-7-19(22(20)29)16-5-3-6-18(12-16)33-24(31)32/h3-13,26,29H,1-2H3,(H,31,32). The van der Waals surface area contributed by atoms with Crippen LogP contribution in [0.2, 0.25) is 0 Å². The second-order valence-corrected chi connectivity index (χ2v) is 7.34. The number of rotatable bonds is 5. The summed E-state index contributed by atoms with van der Waals surface area (Å²) in [5, 5.41) is 29.0. The van der Waals surface area contributed by atoms with E-state index < -0.39 is 12.1 Å². The zero-order valence-electron chi connectivity index (χ0n) is 17.8. The third kappa shape index (κ3) is 4.52. The molecule has 1 heterocycles. The van der Waals surface area contributed by atoms with Gasteiger partial charge in [0.2, 0.25) is 0 Å². The number of nitrogens with zero attached hydrogens (tertiary/aromatic N) is 3. The van der Waals surface area contributed by atoms with E-state index in [1.165, 1.54) is 23.4 Å². The predicted octanol–water partition coefficient (Wildman–Crippen LogP) is 4.53. The Morgan fingerprint density at radius 3 is 2.61 bits per heavy atom. The highest BCUT2D eigenvalue weighted by molar-refractivity contribution is 6.65. The SMILES string of the molecule is Cc1ccc(N2N=CC(=NNc3cccc(-c4cccc(OC(=O)O)c4)c3O)C2=O)cc1C. The summed E-state index contributed by atoms with van der Waals surface area (Å²) >= 11 is 0. The van der Waals surface area contributed by atoms with Gasteiger partial charge in [-0.25, -0.2) is 4.79 Å². The van der Waals surface area contributed by atoms with E-state index in [1.807, 2.05) is 32.0 Å². The molecule has 0 saturated carbocycles. The van der Waals surface area contributed by atoms with E-state index >= 15 is 0 Å². The number of phenols is 1. The molecular weight excluding hydrogens is 424 g/mol. The van der Waals surface area contributed by atoms with Crippen molar-refractivity contribution in [2.24, 2.45) is 10.2 Å². The highest BCUT2D eigenvalue weighted by Gasteiger charge is 2.26. The predicted molar refractivity (Wildman–Crippen MR) is 125 cm³/mol. The lowest BCUT2D eigenvalue weighted by molar-refractivity contribution is -0.112. The summed E-state index contributed by atoms with van der Waals surface area (Å²) in [4.78, 5) is 23.5. The number of aryl methyl sites for hydroxylation is 2. The molecule has 0 radical (unpaired) electrons. The van der Waals surface area contributed by atoms with E-state index in [4.69, 9.17) is 5.11 Å². The van der Waals surface area contributed by atoms with Gasteiger partial charge in [0.1, 0.15) is 11.5 Å². The quantitative estimate of drug-likeness (QED) is 0.230. The molecule has 0 fully saturated rings. The molecular formula is C24H20N4O5. The average molecular weight is 444 g/mol. The number of hydrazone groups is 2. The van der Waals surface area contributed by atoms with Crippen LogP contribution in [-0.2, 0) is 4.79 Å². The third-order valence-corrected chi connectivity index (χ3v) is 5.13. The zero-order valence-corrected chi connectivity index (χ0v) is 17.8. The maximum atomic E-state index is 12.7. The smallest absolute Gasteiger partial charge is 0.505 e. The number of hydrogen-bond donors (Lipinski definition) is 3. The van der Waals surface area contributed by atoms with Crippen molar-refractivity contribution in [3.05, 3.63) is 71.8 Å². The number of aromatic hydroxyl groups is 1. The first kappa shape index (κ1) is 21.6. The molecule has 9 nitrogen and oxygen atoms in total. The summed E-state index contributed by atoms with van der Waals surface area (Å²) in [6.45, 7) is 3.94. The lowest BCUT2D eigenvalue weighted by Gasteiger charge is -2.13. The van der Waals surface area contributed by atoms with E-state index in [1.54, 1.807) is 30.3 Å². The van der Waals surface area contributed by atoms with Gasteiger partial charge in [-0.15, -0.1) is 0 Å². The van der Waals surface area contributed by atoms with Gasteiger partial charge in [-0.2, -0.15) is 15.2 Å². The van der Waals surface area contributed by atoms with Crippen LogP contribution in [0.3, 0.4) is 0 Å². The van der Waals surface area contributed by atoms with Crippen molar-refractivity contribution in [2.45, 2.75) is 13.8 Å².